The molecule has 4 heteroatoms. The van der Waals surface area contributed by atoms with E-state index in [1.54, 1.807) is 18.4 Å². The van der Waals surface area contributed by atoms with E-state index >= 15 is 0 Å². The molecule has 1 unspecified atom stereocenters. The molecule has 1 aromatic heterocycles. The normalized spacial score (nSPS) is 12.2. The van der Waals surface area contributed by atoms with Gasteiger partial charge in [0.25, 0.3) is 0 Å². The summed E-state index contributed by atoms with van der Waals surface area (Å²) in [5.74, 6) is 1.83. The van der Waals surface area contributed by atoms with Crippen LogP contribution in [-0.4, -0.2) is 20.8 Å². The van der Waals surface area contributed by atoms with Crippen molar-refractivity contribution in [1.29, 1.82) is 0 Å². The summed E-state index contributed by atoms with van der Waals surface area (Å²) in [6.07, 6.45) is 0. The molecule has 0 aliphatic heterocycles. The Hall–Kier alpha value is -1.52. The fraction of sp³-hybridized carbons (Fsp3) is 0.375. The fourth-order valence-electron chi connectivity index (χ4n) is 2.22. The Morgan fingerprint density at radius 3 is 2.70 bits per heavy atom. The third-order valence-corrected chi connectivity index (χ3v) is 4.16. The maximum absolute atomic E-state index is 5.76. The van der Waals surface area contributed by atoms with E-state index in [-0.39, 0.29) is 6.04 Å². The Labute approximate surface area is 124 Å². The first-order chi connectivity index (χ1) is 9.69. The zero-order chi connectivity index (χ0) is 14.5. The monoisotopic (exact) mass is 291 g/mol. The minimum atomic E-state index is 0.116. The second kappa shape index (κ2) is 6.77. The lowest BCUT2D eigenvalue weighted by Gasteiger charge is -2.19. The molecule has 0 aliphatic carbocycles. The molecule has 1 heterocycles. The molecule has 0 amide bonds. The van der Waals surface area contributed by atoms with E-state index in [1.165, 1.54) is 16.0 Å². The largest absolute Gasteiger partial charge is 0.496 e. The van der Waals surface area contributed by atoms with Crippen LogP contribution in [-0.2, 0) is 0 Å². The highest BCUT2D eigenvalue weighted by Crippen LogP contribution is 2.35. The van der Waals surface area contributed by atoms with Gasteiger partial charge in [0.1, 0.15) is 11.5 Å². The smallest absolute Gasteiger partial charge is 0.129 e. The van der Waals surface area contributed by atoms with Gasteiger partial charge in [-0.1, -0.05) is 17.7 Å². The van der Waals surface area contributed by atoms with Crippen molar-refractivity contribution >= 4 is 11.3 Å². The first kappa shape index (κ1) is 14.9. The number of thiophene rings is 1. The van der Waals surface area contributed by atoms with Crippen LogP contribution in [0.4, 0.5) is 0 Å². The molecule has 2 rings (SSSR count). The summed E-state index contributed by atoms with van der Waals surface area (Å²) in [6, 6.07) is 8.49. The van der Waals surface area contributed by atoms with Gasteiger partial charge in [0.15, 0.2) is 0 Å². The summed E-state index contributed by atoms with van der Waals surface area (Å²) >= 11 is 1.69. The number of ether oxygens (including phenoxy) is 2. The molecular weight excluding hydrogens is 270 g/mol. The maximum Gasteiger partial charge on any atom is 0.129 e. The van der Waals surface area contributed by atoms with Crippen molar-refractivity contribution in [3.05, 3.63) is 45.6 Å². The second-order valence-corrected chi connectivity index (χ2v) is 5.53. The maximum atomic E-state index is 5.76. The summed E-state index contributed by atoms with van der Waals surface area (Å²) in [7, 11) is 3.66. The lowest BCUT2D eigenvalue weighted by atomic mass is 10.0. The van der Waals surface area contributed by atoms with Gasteiger partial charge in [0.2, 0.25) is 0 Å². The third kappa shape index (κ3) is 3.14. The van der Waals surface area contributed by atoms with Crippen molar-refractivity contribution in [3.63, 3.8) is 0 Å². The number of benzene rings is 1. The van der Waals surface area contributed by atoms with E-state index in [1.807, 2.05) is 25.4 Å². The van der Waals surface area contributed by atoms with Gasteiger partial charge in [-0.25, -0.2) is 0 Å². The van der Waals surface area contributed by atoms with Gasteiger partial charge in [0, 0.05) is 15.8 Å². The molecule has 3 nitrogen and oxygen atoms in total. The Bertz CT molecular complexity index is 565. The second-order valence-electron chi connectivity index (χ2n) is 4.58. The molecule has 0 radical (unpaired) electrons. The topological polar surface area (TPSA) is 30.5 Å². The van der Waals surface area contributed by atoms with E-state index in [2.05, 4.69) is 30.4 Å². The average Bonchev–Trinajstić information content (AvgIpc) is 2.91. The molecule has 0 fully saturated rings. The highest BCUT2D eigenvalue weighted by molar-refractivity contribution is 7.10. The van der Waals surface area contributed by atoms with Crippen LogP contribution in [0.1, 0.15) is 29.0 Å². The van der Waals surface area contributed by atoms with Gasteiger partial charge in [-0.2, -0.15) is 0 Å². The molecule has 1 atom stereocenters. The van der Waals surface area contributed by atoms with Gasteiger partial charge in [-0.05, 0) is 33.0 Å². The summed E-state index contributed by atoms with van der Waals surface area (Å²) in [4.78, 5) is 1.22. The van der Waals surface area contributed by atoms with Crippen LogP contribution in [0.3, 0.4) is 0 Å². The van der Waals surface area contributed by atoms with Crippen molar-refractivity contribution in [2.24, 2.45) is 0 Å². The summed E-state index contributed by atoms with van der Waals surface area (Å²) in [6.45, 7) is 4.77. The van der Waals surface area contributed by atoms with Crippen LogP contribution in [0, 0.1) is 6.92 Å². The minimum absolute atomic E-state index is 0.116. The molecule has 20 heavy (non-hydrogen) atoms. The van der Waals surface area contributed by atoms with Crippen LogP contribution >= 0.6 is 11.3 Å². The minimum Gasteiger partial charge on any atom is -0.496 e. The summed E-state index contributed by atoms with van der Waals surface area (Å²) in [5.41, 5.74) is 2.39. The van der Waals surface area contributed by atoms with Crippen molar-refractivity contribution in [1.82, 2.24) is 5.32 Å². The predicted molar refractivity (Wildman–Crippen MR) is 84.1 cm³/mol. The molecule has 1 aromatic carbocycles. The van der Waals surface area contributed by atoms with Crippen LogP contribution in [0.2, 0.25) is 0 Å². The van der Waals surface area contributed by atoms with Crippen molar-refractivity contribution in [2.75, 3.05) is 20.8 Å². The zero-order valence-electron chi connectivity index (χ0n) is 12.4. The number of methoxy groups -OCH3 is 1. The van der Waals surface area contributed by atoms with E-state index in [0.29, 0.717) is 6.61 Å². The van der Waals surface area contributed by atoms with Crippen molar-refractivity contribution in [3.8, 4) is 11.5 Å². The first-order valence-corrected chi connectivity index (χ1v) is 7.60. The molecule has 0 saturated carbocycles. The number of rotatable bonds is 6. The number of nitrogens with one attached hydrogen (secondary N) is 1. The molecule has 1 N–H and O–H groups in total. The molecule has 0 bridgehead atoms. The lowest BCUT2D eigenvalue weighted by Crippen LogP contribution is -2.17. The lowest BCUT2D eigenvalue weighted by molar-refractivity contribution is 0.334. The quantitative estimate of drug-likeness (QED) is 0.878. The Morgan fingerprint density at radius 1 is 1.30 bits per heavy atom. The van der Waals surface area contributed by atoms with E-state index in [0.717, 1.165) is 11.5 Å². The van der Waals surface area contributed by atoms with Crippen LogP contribution in [0.5, 0.6) is 11.5 Å². The number of aryl methyl sites for hydroxylation is 1. The molecule has 0 spiro atoms. The molecule has 0 saturated heterocycles. The van der Waals surface area contributed by atoms with E-state index in [9.17, 15) is 0 Å². The van der Waals surface area contributed by atoms with Gasteiger partial charge in [-0.15, -0.1) is 11.3 Å². The Morgan fingerprint density at radius 2 is 2.10 bits per heavy atom. The predicted octanol–water partition coefficient (Wildman–Crippen LogP) is 3.77. The van der Waals surface area contributed by atoms with Gasteiger partial charge in [0.05, 0.1) is 19.8 Å². The number of hydrogen-bond acceptors (Lipinski definition) is 4. The summed E-state index contributed by atoms with van der Waals surface area (Å²) < 4.78 is 11.0. The zero-order valence-corrected chi connectivity index (χ0v) is 13.2. The first-order valence-electron chi connectivity index (χ1n) is 6.72. The third-order valence-electron chi connectivity index (χ3n) is 3.18. The Balaban J connectivity index is 2.42. The Kier molecular flexibility index (Phi) is 5.04. The molecular formula is C16H21NO2S. The molecule has 2 aromatic rings. The summed E-state index contributed by atoms with van der Waals surface area (Å²) in [5, 5.41) is 5.40. The van der Waals surface area contributed by atoms with Gasteiger partial charge >= 0.3 is 0 Å². The van der Waals surface area contributed by atoms with Crippen molar-refractivity contribution < 1.29 is 9.47 Å². The molecule has 108 valence electrons. The van der Waals surface area contributed by atoms with Gasteiger partial charge in [-0.3, -0.25) is 0 Å². The van der Waals surface area contributed by atoms with Crippen LogP contribution in [0.25, 0.3) is 0 Å². The number of hydrogen-bond donors (Lipinski definition) is 1. The van der Waals surface area contributed by atoms with E-state index < -0.39 is 0 Å². The highest BCUT2D eigenvalue weighted by Gasteiger charge is 2.19. The average molecular weight is 291 g/mol. The van der Waals surface area contributed by atoms with Crippen LogP contribution < -0.4 is 14.8 Å². The standard InChI is InChI=1S/C16H21NO2S/c1-5-19-14-7-6-11(2)8-13(14)16(17-3)15-9-12(18-4)10-20-15/h6-10,16-17H,5H2,1-4H3. The van der Waals surface area contributed by atoms with Crippen molar-refractivity contribution in [2.45, 2.75) is 19.9 Å². The van der Waals surface area contributed by atoms with Gasteiger partial charge < -0.3 is 14.8 Å². The van der Waals surface area contributed by atoms with E-state index in [4.69, 9.17) is 9.47 Å². The highest BCUT2D eigenvalue weighted by atomic mass is 32.1. The SMILES string of the molecule is CCOc1ccc(C)cc1C(NC)c1cc(OC)cs1. The molecule has 0 aliphatic rings. The van der Waals surface area contributed by atoms with Crippen LogP contribution in [0.15, 0.2) is 29.6 Å². The fourth-order valence-corrected chi connectivity index (χ4v) is 3.21.